The number of carbonyl (C=O) groups excluding carboxylic acids is 1. The van der Waals surface area contributed by atoms with E-state index in [9.17, 15) is 13.2 Å². The van der Waals surface area contributed by atoms with E-state index in [1.165, 1.54) is 13.2 Å². The molecular weight excluding hydrogens is 308 g/mol. The quantitative estimate of drug-likeness (QED) is 0.637. The number of likely N-dealkylation sites (tertiary alicyclic amines) is 1. The Balaban J connectivity index is 2.25. The van der Waals surface area contributed by atoms with E-state index in [1.807, 2.05) is 0 Å². The zero-order chi connectivity index (χ0) is 16.3. The van der Waals surface area contributed by atoms with E-state index >= 15 is 0 Å². The summed E-state index contributed by atoms with van der Waals surface area (Å²) in [7, 11) is -2.64. The van der Waals surface area contributed by atoms with E-state index in [1.54, 1.807) is 0 Å². The molecule has 22 heavy (non-hydrogen) atoms. The summed E-state index contributed by atoms with van der Waals surface area (Å²) < 4.78 is 28.1. The molecule has 1 aliphatic heterocycles. The molecule has 1 heterocycles. The second-order valence-corrected chi connectivity index (χ2v) is 6.65. The monoisotopic (exact) mass is 328 g/mol. The minimum Gasteiger partial charge on any atom is -0.496 e. The Hall–Kier alpha value is -1.84. The van der Waals surface area contributed by atoms with Gasteiger partial charge in [-0.2, -0.15) is 0 Å². The average Bonchev–Trinajstić information content (AvgIpc) is 2.96. The molecule has 1 saturated heterocycles. The van der Waals surface area contributed by atoms with E-state index < -0.39 is 15.9 Å². The first-order chi connectivity index (χ1) is 10.3. The molecule has 0 atom stereocenters. The van der Waals surface area contributed by atoms with Crippen LogP contribution >= 0.6 is 0 Å². The predicted molar refractivity (Wildman–Crippen MR) is 81.9 cm³/mol. The van der Waals surface area contributed by atoms with Gasteiger partial charge < -0.3 is 15.8 Å². The smallest absolute Gasteiger partial charge is 0.256 e. The summed E-state index contributed by atoms with van der Waals surface area (Å²) in [6.07, 6.45) is 2.22. The highest BCUT2D eigenvalue weighted by Gasteiger charge is 2.21. The van der Waals surface area contributed by atoms with Crippen molar-refractivity contribution in [2.75, 3.05) is 32.6 Å². The van der Waals surface area contributed by atoms with Crippen LogP contribution in [0.1, 0.15) is 23.2 Å². The van der Waals surface area contributed by atoms with Crippen molar-refractivity contribution in [1.29, 1.82) is 0 Å². The number of amides is 1. The molecule has 1 aromatic carbocycles. The third kappa shape index (κ3) is 3.67. The SMILES string of the molecule is COc1cc(N)c(S(N)(=O)=O)cc1C(=O)NCN1CCCC1. The average molecular weight is 328 g/mol. The van der Waals surface area contributed by atoms with Crippen LogP contribution in [0.2, 0.25) is 0 Å². The van der Waals surface area contributed by atoms with Gasteiger partial charge in [-0.3, -0.25) is 9.69 Å². The maximum atomic E-state index is 12.3. The zero-order valence-electron chi connectivity index (χ0n) is 12.3. The highest BCUT2D eigenvalue weighted by atomic mass is 32.2. The molecule has 9 heteroatoms. The number of nitrogens with two attached hydrogens (primary N) is 2. The summed E-state index contributed by atoms with van der Waals surface area (Å²) in [6, 6.07) is 2.42. The molecular formula is C13H20N4O4S. The van der Waals surface area contributed by atoms with E-state index in [-0.39, 0.29) is 21.9 Å². The number of nitrogens with zero attached hydrogens (tertiary/aromatic N) is 1. The van der Waals surface area contributed by atoms with Crippen molar-refractivity contribution in [2.45, 2.75) is 17.7 Å². The molecule has 1 aromatic rings. The summed E-state index contributed by atoms with van der Waals surface area (Å²) >= 11 is 0. The normalized spacial score (nSPS) is 15.7. The number of hydrogen-bond acceptors (Lipinski definition) is 6. The molecule has 0 aromatic heterocycles. The fourth-order valence-electron chi connectivity index (χ4n) is 2.39. The fraction of sp³-hybridized carbons (Fsp3) is 0.462. The van der Waals surface area contributed by atoms with Crippen molar-refractivity contribution in [3.63, 3.8) is 0 Å². The van der Waals surface area contributed by atoms with Gasteiger partial charge in [0, 0.05) is 6.07 Å². The standard InChI is InChI=1S/C13H20N4O4S/c1-21-11-7-10(14)12(22(15,19)20)6-9(11)13(18)16-8-17-4-2-3-5-17/h6-7H,2-5,8,14H2,1H3,(H,16,18)(H2,15,19,20). The topological polar surface area (TPSA) is 128 Å². The number of nitrogen functional groups attached to an aromatic ring is 1. The molecule has 0 saturated carbocycles. The largest absolute Gasteiger partial charge is 0.496 e. The minimum absolute atomic E-state index is 0.0598. The molecule has 122 valence electrons. The number of sulfonamides is 1. The lowest BCUT2D eigenvalue weighted by molar-refractivity contribution is 0.0926. The Kier molecular flexibility index (Phi) is 4.89. The molecule has 0 aliphatic carbocycles. The molecule has 0 spiro atoms. The van der Waals surface area contributed by atoms with Gasteiger partial charge in [-0.25, -0.2) is 13.6 Å². The van der Waals surface area contributed by atoms with Crippen LogP contribution in [0.5, 0.6) is 5.75 Å². The van der Waals surface area contributed by atoms with Gasteiger partial charge in [-0.1, -0.05) is 0 Å². The van der Waals surface area contributed by atoms with Crippen LogP contribution < -0.4 is 20.9 Å². The van der Waals surface area contributed by atoms with Gasteiger partial charge in [0.25, 0.3) is 5.91 Å². The lowest BCUT2D eigenvalue weighted by Crippen LogP contribution is -2.36. The second kappa shape index (κ2) is 6.51. The van der Waals surface area contributed by atoms with Gasteiger partial charge in [-0.15, -0.1) is 0 Å². The third-order valence-electron chi connectivity index (χ3n) is 3.54. The lowest BCUT2D eigenvalue weighted by Gasteiger charge is -2.17. The van der Waals surface area contributed by atoms with E-state index in [0.29, 0.717) is 6.67 Å². The molecule has 8 nitrogen and oxygen atoms in total. The molecule has 1 amide bonds. The van der Waals surface area contributed by atoms with Gasteiger partial charge in [0.2, 0.25) is 10.0 Å². The molecule has 5 N–H and O–H groups in total. The Morgan fingerprint density at radius 3 is 2.55 bits per heavy atom. The number of primary sulfonamides is 1. The van der Waals surface area contributed by atoms with Gasteiger partial charge in [0.15, 0.2) is 0 Å². The maximum Gasteiger partial charge on any atom is 0.256 e. The summed E-state index contributed by atoms with van der Waals surface area (Å²) in [5.74, 6) is -0.238. The van der Waals surface area contributed by atoms with Crippen molar-refractivity contribution in [3.05, 3.63) is 17.7 Å². The Morgan fingerprint density at radius 1 is 1.36 bits per heavy atom. The van der Waals surface area contributed by atoms with Crippen LogP contribution in [0.15, 0.2) is 17.0 Å². The molecule has 1 aliphatic rings. The summed E-state index contributed by atoms with van der Waals surface area (Å²) in [6.45, 7) is 2.26. The molecule has 1 fully saturated rings. The van der Waals surface area contributed by atoms with Crippen LogP contribution in [0.25, 0.3) is 0 Å². The van der Waals surface area contributed by atoms with Gasteiger partial charge in [0.05, 0.1) is 25.0 Å². The van der Waals surface area contributed by atoms with Crippen LogP contribution in [0.4, 0.5) is 5.69 Å². The number of benzene rings is 1. The number of rotatable bonds is 5. The fourth-order valence-corrected chi connectivity index (χ4v) is 3.06. The first-order valence-electron chi connectivity index (χ1n) is 6.84. The van der Waals surface area contributed by atoms with Crippen molar-refractivity contribution >= 4 is 21.6 Å². The maximum absolute atomic E-state index is 12.3. The van der Waals surface area contributed by atoms with Gasteiger partial charge >= 0.3 is 0 Å². The minimum atomic E-state index is -4.02. The Morgan fingerprint density at radius 2 is 2.00 bits per heavy atom. The number of nitrogens with one attached hydrogen (secondary N) is 1. The van der Waals surface area contributed by atoms with Crippen molar-refractivity contribution in [2.24, 2.45) is 5.14 Å². The van der Waals surface area contributed by atoms with Gasteiger partial charge in [0.1, 0.15) is 10.6 Å². The van der Waals surface area contributed by atoms with Crippen LogP contribution in [0.3, 0.4) is 0 Å². The molecule has 0 radical (unpaired) electrons. The van der Waals surface area contributed by atoms with Gasteiger partial charge in [-0.05, 0) is 32.0 Å². The first-order valence-corrected chi connectivity index (χ1v) is 8.38. The first kappa shape index (κ1) is 16.5. The Bertz CT molecular complexity index is 669. The van der Waals surface area contributed by atoms with Crippen molar-refractivity contribution < 1.29 is 17.9 Å². The lowest BCUT2D eigenvalue weighted by atomic mass is 10.1. The molecule has 0 bridgehead atoms. The third-order valence-corrected chi connectivity index (χ3v) is 4.51. The summed E-state index contributed by atoms with van der Waals surface area (Å²) in [5, 5.41) is 7.85. The van der Waals surface area contributed by atoms with E-state index in [2.05, 4.69) is 10.2 Å². The zero-order valence-corrected chi connectivity index (χ0v) is 13.1. The predicted octanol–water partition coefficient (Wildman–Crippen LogP) is -0.292. The van der Waals surface area contributed by atoms with Crippen molar-refractivity contribution in [1.82, 2.24) is 10.2 Å². The summed E-state index contributed by atoms with van der Waals surface area (Å²) in [5.41, 5.74) is 5.67. The molecule has 2 rings (SSSR count). The highest BCUT2D eigenvalue weighted by Crippen LogP contribution is 2.27. The van der Waals surface area contributed by atoms with Crippen LogP contribution in [-0.4, -0.2) is 46.1 Å². The second-order valence-electron chi connectivity index (χ2n) is 5.12. The van der Waals surface area contributed by atoms with Crippen LogP contribution in [0, 0.1) is 0 Å². The number of hydrogen-bond donors (Lipinski definition) is 3. The van der Waals surface area contributed by atoms with E-state index in [0.717, 1.165) is 32.0 Å². The number of anilines is 1. The number of methoxy groups -OCH3 is 1. The molecule has 0 unspecified atom stereocenters. The summed E-state index contributed by atoms with van der Waals surface area (Å²) in [4.78, 5) is 14.1. The highest BCUT2D eigenvalue weighted by molar-refractivity contribution is 7.89. The number of carbonyl (C=O) groups is 1. The van der Waals surface area contributed by atoms with Crippen LogP contribution in [-0.2, 0) is 10.0 Å². The number of ether oxygens (including phenoxy) is 1. The Labute approximate surface area is 129 Å². The van der Waals surface area contributed by atoms with Crippen molar-refractivity contribution in [3.8, 4) is 5.75 Å². The van der Waals surface area contributed by atoms with E-state index in [4.69, 9.17) is 15.6 Å².